The summed E-state index contributed by atoms with van der Waals surface area (Å²) >= 11 is 0. The first-order chi connectivity index (χ1) is 9.80. The SMILES string of the molecule is COCCOc1ccc(S(=O)(=O)NC(C)(C)CCO)cc1. The predicted molar refractivity (Wildman–Crippen MR) is 79.9 cm³/mol. The van der Waals surface area contributed by atoms with E-state index in [2.05, 4.69) is 4.72 Å². The van der Waals surface area contributed by atoms with E-state index in [0.717, 1.165) is 0 Å². The maximum Gasteiger partial charge on any atom is 0.241 e. The highest BCUT2D eigenvalue weighted by Crippen LogP contribution is 2.18. The average Bonchev–Trinajstić information content (AvgIpc) is 2.38. The van der Waals surface area contributed by atoms with Gasteiger partial charge in [0.25, 0.3) is 0 Å². The number of hydrogen-bond donors (Lipinski definition) is 2. The van der Waals surface area contributed by atoms with Crippen molar-refractivity contribution in [3.8, 4) is 5.75 Å². The van der Waals surface area contributed by atoms with Gasteiger partial charge in [-0.1, -0.05) is 0 Å². The molecule has 21 heavy (non-hydrogen) atoms. The lowest BCUT2D eigenvalue weighted by Crippen LogP contribution is -2.43. The fourth-order valence-corrected chi connectivity index (χ4v) is 3.15. The summed E-state index contributed by atoms with van der Waals surface area (Å²) in [5.41, 5.74) is -0.707. The van der Waals surface area contributed by atoms with E-state index in [0.29, 0.717) is 25.4 Å². The Bertz CT molecular complexity index is 525. The first-order valence-corrected chi connectivity index (χ1v) is 8.16. The highest BCUT2D eigenvalue weighted by Gasteiger charge is 2.25. The van der Waals surface area contributed by atoms with E-state index in [1.165, 1.54) is 12.1 Å². The molecule has 0 fully saturated rings. The molecule has 0 radical (unpaired) electrons. The van der Waals surface area contributed by atoms with Crippen LogP contribution in [0.1, 0.15) is 20.3 Å². The number of methoxy groups -OCH3 is 1. The molecule has 6 nitrogen and oxygen atoms in total. The lowest BCUT2D eigenvalue weighted by Gasteiger charge is -2.25. The van der Waals surface area contributed by atoms with Crippen molar-refractivity contribution in [3.05, 3.63) is 24.3 Å². The van der Waals surface area contributed by atoms with Crippen molar-refractivity contribution in [1.29, 1.82) is 0 Å². The second-order valence-electron chi connectivity index (χ2n) is 5.28. The minimum Gasteiger partial charge on any atom is -0.491 e. The van der Waals surface area contributed by atoms with Crippen molar-refractivity contribution in [3.63, 3.8) is 0 Å². The number of nitrogens with one attached hydrogen (secondary N) is 1. The van der Waals surface area contributed by atoms with Crippen LogP contribution in [-0.2, 0) is 14.8 Å². The quantitative estimate of drug-likeness (QED) is 0.667. The third kappa shape index (κ3) is 6.01. The second-order valence-corrected chi connectivity index (χ2v) is 6.96. The summed E-state index contributed by atoms with van der Waals surface area (Å²) in [5.74, 6) is 0.584. The van der Waals surface area contributed by atoms with Crippen molar-refractivity contribution in [2.24, 2.45) is 0 Å². The zero-order valence-electron chi connectivity index (χ0n) is 12.6. The van der Waals surface area contributed by atoms with Crippen LogP contribution in [0.5, 0.6) is 5.75 Å². The van der Waals surface area contributed by atoms with Crippen LogP contribution in [0.4, 0.5) is 0 Å². The summed E-state index contributed by atoms with van der Waals surface area (Å²) in [6.07, 6.45) is 0.338. The molecule has 1 aromatic carbocycles. The van der Waals surface area contributed by atoms with Gasteiger partial charge in [0.15, 0.2) is 0 Å². The van der Waals surface area contributed by atoms with Gasteiger partial charge in [0.05, 0.1) is 11.5 Å². The molecule has 2 N–H and O–H groups in total. The Labute approximate surface area is 126 Å². The lowest BCUT2D eigenvalue weighted by molar-refractivity contribution is 0.146. The number of aliphatic hydroxyl groups is 1. The second kappa shape index (κ2) is 7.74. The third-order valence-corrected chi connectivity index (χ3v) is 4.55. The van der Waals surface area contributed by atoms with Gasteiger partial charge < -0.3 is 14.6 Å². The molecule has 0 spiro atoms. The molecular weight excluding hydrogens is 294 g/mol. The van der Waals surface area contributed by atoms with E-state index in [9.17, 15) is 8.42 Å². The molecule has 0 saturated heterocycles. The number of aliphatic hydroxyl groups excluding tert-OH is 1. The van der Waals surface area contributed by atoms with Gasteiger partial charge in [-0.3, -0.25) is 0 Å². The Balaban J connectivity index is 2.75. The molecule has 0 aliphatic carbocycles. The summed E-state index contributed by atoms with van der Waals surface area (Å²) < 4.78 is 37.3. The molecule has 0 aromatic heterocycles. The predicted octanol–water partition coefficient (Wildman–Crippen LogP) is 1.15. The standard InChI is InChI=1S/C14H23NO5S/c1-14(2,8-9-16)15-21(17,18)13-6-4-12(5-7-13)20-11-10-19-3/h4-7,15-16H,8-11H2,1-3H3. The van der Waals surface area contributed by atoms with E-state index in [-0.39, 0.29) is 11.5 Å². The molecule has 0 aliphatic heterocycles. The Hall–Kier alpha value is -1.15. The van der Waals surface area contributed by atoms with Crippen molar-refractivity contribution in [1.82, 2.24) is 4.72 Å². The molecule has 0 heterocycles. The van der Waals surface area contributed by atoms with Gasteiger partial charge in [-0.15, -0.1) is 0 Å². The summed E-state index contributed by atoms with van der Waals surface area (Å²) in [5, 5.41) is 8.95. The maximum absolute atomic E-state index is 12.2. The number of hydrogen-bond acceptors (Lipinski definition) is 5. The molecule has 0 aliphatic rings. The highest BCUT2D eigenvalue weighted by molar-refractivity contribution is 7.89. The molecule has 0 bridgehead atoms. The monoisotopic (exact) mass is 317 g/mol. The molecule has 7 heteroatoms. The largest absolute Gasteiger partial charge is 0.491 e. The molecule has 1 rings (SSSR count). The van der Waals surface area contributed by atoms with E-state index in [4.69, 9.17) is 14.6 Å². The van der Waals surface area contributed by atoms with Crippen molar-refractivity contribution >= 4 is 10.0 Å². The molecule has 0 amide bonds. The Morgan fingerprint density at radius 1 is 1.19 bits per heavy atom. The molecular formula is C14H23NO5S. The minimum absolute atomic E-state index is 0.0816. The fourth-order valence-electron chi connectivity index (χ4n) is 1.71. The maximum atomic E-state index is 12.2. The van der Waals surface area contributed by atoms with Crippen LogP contribution in [0.25, 0.3) is 0 Å². The van der Waals surface area contributed by atoms with Gasteiger partial charge in [-0.05, 0) is 44.5 Å². The van der Waals surface area contributed by atoms with E-state index < -0.39 is 15.6 Å². The van der Waals surface area contributed by atoms with Gasteiger partial charge in [0.2, 0.25) is 10.0 Å². The van der Waals surface area contributed by atoms with Crippen LogP contribution in [-0.4, -0.2) is 46.0 Å². The highest BCUT2D eigenvalue weighted by atomic mass is 32.2. The Morgan fingerprint density at radius 3 is 2.33 bits per heavy atom. The van der Waals surface area contributed by atoms with Crippen LogP contribution < -0.4 is 9.46 Å². The molecule has 0 saturated carbocycles. The van der Waals surface area contributed by atoms with Crippen molar-refractivity contribution in [2.45, 2.75) is 30.7 Å². The molecule has 120 valence electrons. The van der Waals surface area contributed by atoms with Crippen molar-refractivity contribution in [2.75, 3.05) is 26.9 Å². The summed E-state index contributed by atoms with van der Waals surface area (Å²) in [7, 11) is -2.04. The first kappa shape index (κ1) is 17.9. The lowest BCUT2D eigenvalue weighted by atomic mass is 10.0. The number of sulfonamides is 1. The normalized spacial score (nSPS) is 12.4. The number of benzene rings is 1. The Morgan fingerprint density at radius 2 is 1.81 bits per heavy atom. The van der Waals surface area contributed by atoms with Crippen LogP contribution in [0.15, 0.2) is 29.2 Å². The van der Waals surface area contributed by atoms with Gasteiger partial charge in [0, 0.05) is 19.3 Å². The minimum atomic E-state index is -3.62. The molecule has 0 atom stereocenters. The molecule has 1 aromatic rings. The van der Waals surface area contributed by atoms with Gasteiger partial charge >= 0.3 is 0 Å². The summed E-state index contributed by atoms with van der Waals surface area (Å²) in [6, 6.07) is 6.17. The first-order valence-electron chi connectivity index (χ1n) is 6.67. The third-order valence-electron chi connectivity index (χ3n) is 2.84. The zero-order valence-corrected chi connectivity index (χ0v) is 13.4. The van der Waals surface area contributed by atoms with Crippen LogP contribution in [0.2, 0.25) is 0 Å². The van der Waals surface area contributed by atoms with Crippen LogP contribution in [0.3, 0.4) is 0 Å². The zero-order chi connectivity index (χ0) is 15.9. The Kier molecular flexibility index (Phi) is 6.60. The van der Waals surface area contributed by atoms with Crippen LogP contribution >= 0.6 is 0 Å². The topological polar surface area (TPSA) is 84.9 Å². The van der Waals surface area contributed by atoms with Crippen LogP contribution in [0, 0.1) is 0 Å². The van der Waals surface area contributed by atoms with E-state index in [1.807, 2.05) is 0 Å². The number of ether oxygens (including phenoxy) is 2. The van der Waals surface area contributed by atoms with Gasteiger partial charge in [-0.25, -0.2) is 13.1 Å². The van der Waals surface area contributed by atoms with Gasteiger partial charge in [0.1, 0.15) is 12.4 Å². The average molecular weight is 317 g/mol. The fraction of sp³-hybridized carbons (Fsp3) is 0.571. The molecule has 0 unspecified atom stereocenters. The number of rotatable bonds is 9. The summed E-state index contributed by atoms with van der Waals surface area (Å²) in [6.45, 7) is 4.25. The van der Waals surface area contributed by atoms with E-state index >= 15 is 0 Å². The van der Waals surface area contributed by atoms with E-state index in [1.54, 1.807) is 33.1 Å². The smallest absolute Gasteiger partial charge is 0.241 e. The van der Waals surface area contributed by atoms with Crippen molar-refractivity contribution < 1.29 is 23.0 Å². The summed E-state index contributed by atoms with van der Waals surface area (Å²) in [4.78, 5) is 0.160. The van der Waals surface area contributed by atoms with Gasteiger partial charge in [-0.2, -0.15) is 0 Å².